The molecule has 1 aromatic heterocycles. The number of fused-ring (bicyclic) bond motifs is 1. The van der Waals surface area contributed by atoms with E-state index in [0.29, 0.717) is 5.56 Å². The molecule has 3 nitrogen and oxygen atoms in total. The van der Waals surface area contributed by atoms with Crippen LogP contribution in [0.15, 0.2) is 72.9 Å². The Bertz CT molecular complexity index is 1020. The Morgan fingerprint density at radius 1 is 0.826 bits per heavy atom. The van der Waals surface area contributed by atoms with Gasteiger partial charge in [0.15, 0.2) is 0 Å². The molecule has 108 valence electrons. The van der Waals surface area contributed by atoms with E-state index in [9.17, 15) is 0 Å². The second-order valence-corrected chi connectivity index (χ2v) is 5.40. The summed E-state index contributed by atoms with van der Waals surface area (Å²) in [7, 11) is 0. The lowest BCUT2D eigenvalue weighted by molar-refractivity contribution is 1.31. The minimum atomic E-state index is 0.656. The highest BCUT2D eigenvalue weighted by Crippen LogP contribution is 2.25. The van der Waals surface area contributed by atoms with Crippen LogP contribution in [0.25, 0.3) is 33.4 Å². The van der Waals surface area contributed by atoms with Crippen molar-refractivity contribution < 1.29 is 0 Å². The van der Waals surface area contributed by atoms with Crippen molar-refractivity contribution in [3.8, 4) is 28.7 Å². The summed E-state index contributed by atoms with van der Waals surface area (Å²) in [5, 5.41) is 11.3. The number of imidazole rings is 1. The maximum absolute atomic E-state index is 8.87. The zero-order valence-corrected chi connectivity index (χ0v) is 12.3. The Morgan fingerprint density at radius 3 is 2.35 bits per heavy atom. The Kier molecular flexibility index (Phi) is 3.14. The SMILES string of the molecule is N#Cc1ccc(-c2cnc(-c3ccc4ccccc4c3)[nH]2)cc1. The van der Waals surface area contributed by atoms with Crippen molar-refractivity contribution in [2.45, 2.75) is 0 Å². The van der Waals surface area contributed by atoms with Crippen molar-refractivity contribution in [1.29, 1.82) is 5.26 Å². The summed E-state index contributed by atoms with van der Waals surface area (Å²) in [6.45, 7) is 0. The highest BCUT2D eigenvalue weighted by molar-refractivity contribution is 5.86. The van der Waals surface area contributed by atoms with Gasteiger partial charge in [0.1, 0.15) is 5.82 Å². The van der Waals surface area contributed by atoms with Gasteiger partial charge in [-0.3, -0.25) is 0 Å². The molecule has 23 heavy (non-hydrogen) atoms. The molecule has 0 bridgehead atoms. The van der Waals surface area contributed by atoms with E-state index in [1.807, 2.05) is 42.6 Å². The molecule has 0 aliphatic heterocycles. The molecule has 0 atom stereocenters. The van der Waals surface area contributed by atoms with Crippen LogP contribution in [-0.2, 0) is 0 Å². The number of aromatic amines is 1. The minimum Gasteiger partial charge on any atom is -0.338 e. The smallest absolute Gasteiger partial charge is 0.137 e. The van der Waals surface area contributed by atoms with Crippen LogP contribution in [0.5, 0.6) is 0 Å². The fraction of sp³-hybridized carbons (Fsp3) is 0. The van der Waals surface area contributed by atoms with Crippen LogP contribution in [0.4, 0.5) is 0 Å². The van der Waals surface area contributed by atoms with Gasteiger partial charge in [-0.15, -0.1) is 0 Å². The second kappa shape index (κ2) is 5.43. The number of hydrogen-bond acceptors (Lipinski definition) is 2. The van der Waals surface area contributed by atoms with E-state index < -0.39 is 0 Å². The van der Waals surface area contributed by atoms with Crippen molar-refractivity contribution in [3.63, 3.8) is 0 Å². The lowest BCUT2D eigenvalue weighted by Crippen LogP contribution is -1.82. The first-order chi connectivity index (χ1) is 11.3. The number of rotatable bonds is 2. The first-order valence-corrected chi connectivity index (χ1v) is 7.38. The quantitative estimate of drug-likeness (QED) is 0.579. The monoisotopic (exact) mass is 295 g/mol. The van der Waals surface area contributed by atoms with Gasteiger partial charge in [-0.25, -0.2) is 4.98 Å². The first-order valence-electron chi connectivity index (χ1n) is 7.38. The molecule has 0 radical (unpaired) electrons. The molecule has 3 heteroatoms. The Hall–Kier alpha value is -3.38. The van der Waals surface area contributed by atoms with Crippen LogP contribution >= 0.6 is 0 Å². The van der Waals surface area contributed by atoms with E-state index in [1.165, 1.54) is 10.8 Å². The average molecular weight is 295 g/mol. The summed E-state index contributed by atoms with van der Waals surface area (Å²) < 4.78 is 0. The van der Waals surface area contributed by atoms with Gasteiger partial charge < -0.3 is 4.98 Å². The highest BCUT2D eigenvalue weighted by atomic mass is 14.9. The Balaban J connectivity index is 1.72. The van der Waals surface area contributed by atoms with Gasteiger partial charge in [-0.1, -0.05) is 48.5 Å². The van der Waals surface area contributed by atoms with Crippen LogP contribution in [0.2, 0.25) is 0 Å². The fourth-order valence-electron chi connectivity index (χ4n) is 2.68. The third kappa shape index (κ3) is 2.47. The molecule has 4 aromatic rings. The van der Waals surface area contributed by atoms with Crippen molar-refractivity contribution in [2.24, 2.45) is 0 Å². The van der Waals surface area contributed by atoms with Crippen LogP contribution in [-0.4, -0.2) is 9.97 Å². The molecule has 1 heterocycles. The number of nitrogens with zero attached hydrogens (tertiary/aromatic N) is 2. The van der Waals surface area contributed by atoms with Gasteiger partial charge in [0.2, 0.25) is 0 Å². The third-order valence-corrected chi connectivity index (χ3v) is 3.92. The van der Waals surface area contributed by atoms with Crippen molar-refractivity contribution in [1.82, 2.24) is 9.97 Å². The van der Waals surface area contributed by atoms with Crippen molar-refractivity contribution >= 4 is 10.8 Å². The van der Waals surface area contributed by atoms with Crippen LogP contribution in [0.3, 0.4) is 0 Å². The number of nitrogens with one attached hydrogen (secondary N) is 1. The van der Waals surface area contributed by atoms with Gasteiger partial charge in [-0.2, -0.15) is 5.26 Å². The van der Waals surface area contributed by atoms with E-state index in [1.54, 1.807) is 0 Å². The van der Waals surface area contributed by atoms with Crippen LogP contribution in [0.1, 0.15) is 5.56 Å². The third-order valence-electron chi connectivity index (χ3n) is 3.92. The molecule has 0 aliphatic carbocycles. The predicted molar refractivity (Wildman–Crippen MR) is 91.7 cm³/mol. The van der Waals surface area contributed by atoms with Gasteiger partial charge in [0, 0.05) is 5.56 Å². The summed E-state index contributed by atoms with van der Waals surface area (Å²) >= 11 is 0. The van der Waals surface area contributed by atoms with Gasteiger partial charge in [0.05, 0.1) is 23.5 Å². The lowest BCUT2D eigenvalue weighted by Gasteiger charge is -2.01. The Morgan fingerprint density at radius 2 is 1.57 bits per heavy atom. The molecule has 1 N–H and O–H groups in total. The molecule has 0 fully saturated rings. The van der Waals surface area contributed by atoms with Gasteiger partial charge in [-0.05, 0) is 34.5 Å². The lowest BCUT2D eigenvalue weighted by atomic mass is 10.1. The molecule has 3 aromatic carbocycles. The highest BCUT2D eigenvalue weighted by Gasteiger charge is 2.06. The van der Waals surface area contributed by atoms with Crippen LogP contribution in [0, 0.1) is 11.3 Å². The standard InChI is InChI=1S/C20H13N3/c21-12-14-5-7-16(8-6-14)19-13-22-20(23-19)18-10-9-15-3-1-2-4-17(15)11-18/h1-11,13H,(H,22,23). The number of aromatic nitrogens is 2. The molecule has 0 saturated carbocycles. The van der Waals surface area contributed by atoms with E-state index >= 15 is 0 Å². The van der Waals surface area contributed by atoms with Crippen molar-refractivity contribution in [3.05, 3.63) is 78.5 Å². The van der Waals surface area contributed by atoms with Gasteiger partial charge >= 0.3 is 0 Å². The number of benzene rings is 3. The number of nitriles is 1. The summed E-state index contributed by atoms with van der Waals surface area (Å²) in [6.07, 6.45) is 1.83. The van der Waals surface area contributed by atoms with E-state index in [0.717, 1.165) is 22.6 Å². The molecule has 0 saturated heterocycles. The molecule has 0 aliphatic rings. The fourth-order valence-corrected chi connectivity index (χ4v) is 2.68. The zero-order valence-electron chi connectivity index (χ0n) is 12.3. The van der Waals surface area contributed by atoms with Gasteiger partial charge in [0.25, 0.3) is 0 Å². The van der Waals surface area contributed by atoms with Crippen molar-refractivity contribution in [2.75, 3.05) is 0 Å². The molecular weight excluding hydrogens is 282 g/mol. The summed E-state index contributed by atoms with van der Waals surface area (Å²) in [5.41, 5.74) is 3.67. The maximum atomic E-state index is 8.87. The number of hydrogen-bond donors (Lipinski definition) is 1. The largest absolute Gasteiger partial charge is 0.338 e. The minimum absolute atomic E-state index is 0.656. The summed E-state index contributed by atoms with van der Waals surface area (Å²) in [6, 6.07) is 24.2. The van der Waals surface area contributed by atoms with E-state index in [2.05, 4.69) is 46.4 Å². The Labute approximate surface area is 133 Å². The molecular formula is C20H13N3. The normalized spacial score (nSPS) is 10.6. The maximum Gasteiger partial charge on any atom is 0.137 e. The zero-order chi connectivity index (χ0) is 15.6. The molecule has 0 amide bonds. The summed E-state index contributed by atoms with van der Waals surface area (Å²) in [4.78, 5) is 7.85. The predicted octanol–water partition coefficient (Wildman–Crippen LogP) is 4.77. The van der Waals surface area contributed by atoms with E-state index in [4.69, 9.17) is 5.26 Å². The topological polar surface area (TPSA) is 52.5 Å². The summed E-state index contributed by atoms with van der Waals surface area (Å²) in [5.74, 6) is 0.843. The molecule has 0 spiro atoms. The average Bonchev–Trinajstić information content (AvgIpc) is 3.11. The number of H-pyrrole nitrogens is 1. The second-order valence-electron chi connectivity index (χ2n) is 5.40. The first kappa shape index (κ1) is 13.3. The van der Waals surface area contributed by atoms with E-state index in [-0.39, 0.29) is 0 Å². The molecule has 4 rings (SSSR count). The molecule has 0 unspecified atom stereocenters. The van der Waals surface area contributed by atoms with Crippen LogP contribution < -0.4 is 0 Å².